The maximum atomic E-state index is 12.1. The van der Waals surface area contributed by atoms with Crippen molar-refractivity contribution in [3.05, 3.63) is 17.5 Å². The summed E-state index contributed by atoms with van der Waals surface area (Å²) < 4.78 is 1.62. The van der Waals surface area contributed by atoms with Crippen LogP contribution in [0.25, 0.3) is 0 Å². The number of hydrogen-bond acceptors (Lipinski definition) is 3. The number of rotatable bonds is 2. The van der Waals surface area contributed by atoms with Crippen LogP contribution in [0, 0.1) is 0 Å². The Morgan fingerprint density at radius 1 is 1.69 bits per heavy atom. The summed E-state index contributed by atoms with van der Waals surface area (Å²) in [6.07, 6.45) is 1.12. The highest BCUT2D eigenvalue weighted by Gasteiger charge is 2.27. The van der Waals surface area contributed by atoms with Crippen LogP contribution in [-0.4, -0.2) is 44.9 Å². The van der Waals surface area contributed by atoms with Crippen molar-refractivity contribution in [2.75, 3.05) is 13.1 Å². The second-order valence-electron chi connectivity index (χ2n) is 4.19. The average molecular weight is 223 g/mol. The summed E-state index contributed by atoms with van der Waals surface area (Å²) in [7, 11) is 1.78. The summed E-state index contributed by atoms with van der Waals surface area (Å²) in [6.45, 7) is 3.08. The van der Waals surface area contributed by atoms with Gasteiger partial charge in [0.15, 0.2) is 0 Å². The monoisotopic (exact) mass is 223 g/mol. The fourth-order valence-electron chi connectivity index (χ4n) is 1.99. The molecule has 2 rings (SSSR count). The molecule has 5 nitrogen and oxygen atoms in total. The first kappa shape index (κ1) is 11.1. The first-order valence-electron chi connectivity index (χ1n) is 5.62. The number of aryl methyl sites for hydroxylation is 2. The Labute approximate surface area is 94.7 Å². The number of aliphatic hydroxyl groups excluding tert-OH is 1. The number of aliphatic hydroxyl groups is 1. The molecule has 0 bridgehead atoms. The molecule has 2 heterocycles. The van der Waals surface area contributed by atoms with Crippen molar-refractivity contribution in [2.24, 2.45) is 7.05 Å². The van der Waals surface area contributed by atoms with Gasteiger partial charge in [-0.15, -0.1) is 0 Å². The molecule has 1 fully saturated rings. The lowest BCUT2D eigenvalue weighted by molar-refractivity contribution is 0.0754. The van der Waals surface area contributed by atoms with Gasteiger partial charge < -0.3 is 10.0 Å². The van der Waals surface area contributed by atoms with E-state index in [-0.39, 0.29) is 12.0 Å². The zero-order chi connectivity index (χ0) is 11.7. The van der Waals surface area contributed by atoms with E-state index in [9.17, 15) is 9.90 Å². The SMILES string of the molecule is CCc1cc(C(=O)N2CC[C@H](O)C2)n(C)n1. The van der Waals surface area contributed by atoms with Gasteiger partial charge in [-0.05, 0) is 18.9 Å². The molecule has 1 aromatic heterocycles. The molecular formula is C11H17N3O2. The zero-order valence-corrected chi connectivity index (χ0v) is 9.68. The van der Waals surface area contributed by atoms with Crippen LogP contribution in [0.4, 0.5) is 0 Å². The Balaban J connectivity index is 2.17. The smallest absolute Gasteiger partial charge is 0.272 e. The van der Waals surface area contributed by atoms with Gasteiger partial charge >= 0.3 is 0 Å². The number of β-amino-alcohol motifs (C(OH)–C–C–N with tert-alkyl or cyclic N) is 1. The molecule has 0 saturated carbocycles. The third kappa shape index (κ3) is 1.95. The van der Waals surface area contributed by atoms with Crippen LogP contribution in [0.5, 0.6) is 0 Å². The number of aromatic nitrogens is 2. The van der Waals surface area contributed by atoms with Gasteiger partial charge in [-0.1, -0.05) is 6.92 Å². The Bertz CT molecular complexity index is 400. The highest BCUT2D eigenvalue weighted by atomic mass is 16.3. The number of amides is 1. The predicted octanol–water partition coefficient (Wildman–Crippen LogP) is 0.189. The molecular weight excluding hydrogens is 206 g/mol. The average Bonchev–Trinajstić information content (AvgIpc) is 2.83. The number of likely N-dealkylation sites (tertiary alicyclic amines) is 1. The molecule has 0 aromatic carbocycles. The highest BCUT2D eigenvalue weighted by Crippen LogP contribution is 2.14. The standard InChI is InChI=1S/C11H17N3O2/c1-3-8-6-10(13(2)12-8)11(16)14-5-4-9(15)7-14/h6,9,15H,3-5,7H2,1-2H3/t9-/m0/s1. The molecule has 1 N–H and O–H groups in total. The molecule has 0 unspecified atom stereocenters. The van der Waals surface area contributed by atoms with E-state index in [1.807, 2.05) is 13.0 Å². The normalized spacial score (nSPS) is 20.4. The van der Waals surface area contributed by atoms with Gasteiger partial charge in [0.05, 0.1) is 11.8 Å². The van der Waals surface area contributed by atoms with Crippen molar-refractivity contribution in [3.8, 4) is 0 Å². The van der Waals surface area contributed by atoms with E-state index in [4.69, 9.17) is 0 Å². The minimum Gasteiger partial charge on any atom is -0.391 e. The molecule has 1 aliphatic rings. The Morgan fingerprint density at radius 3 is 2.94 bits per heavy atom. The second-order valence-corrected chi connectivity index (χ2v) is 4.19. The van der Waals surface area contributed by atoms with E-state index in [1.54, 1.807) is 16.6 Å². The van der Waals surface area contributed by atoms with E-state index in [0.717, 1.165) is 12.1 Å². The van der Waals surface area contributed by atoms with Crippen LogP contribution in [0.15, 0.2) is 6.07 Å². The van der Waals surface area contributed by atoms with Crippen LogP contribution >= 0.6 is 0 Å². The second kappa shape index (κ2) is 4.25. The number of nitrogens with zero attached hydrogens (tertiary/aromatic N) is 3. The number of hydrogen-bond donors (Lipinski definition) is 1. The van der Waals surface area contributed by atoms with E-state index >= 15 is 0 Å². The predicted molar refractivity (Wildman–Crippen MR) is 59.1 cm³/mol. The molecule has 5 heteroatoms. The summed E-state index contributed by atoms with van der Waals surface area (Å²) in [4.78, 5) is 13.8. The summed E-state index contributed by atoms with van der Waals surface area (Å²) >= 11 is 0. The van der Waals surface area contributed by atoms with E-state index < -0.39 is 0 Å². The van der Waals surface area contributed by atoms with Gasteiger partial charge in [0.25, 0.3) is 5.91 Å². The largest absolute Gasteiger partial charge is 0.391 e. The summed E-state index contributed by atoms with van der Waals surface area (Å²) in [5.74, 6) is -0.0359. The van der Waals surface area contributed by atoms with Crippen molar-refractivity contribution in [3.63, 3.8) is 0 Å². The molecule has 1 atom stereocenters. The van der Waals surface area contributed by atoms with Gasteiger partial charge in [-0.3, -0.25) is 9.48 Å². The van der Waals surface area contributed by atoms with E-state index in [0.29, 0.717) is 25.2 Å². The maximum Gasteiger partial charge on any atom is 0.272 e. The van der Waals surface area contributed by atoms with Crippen LogP contribution in [0.1, 0.15) is 29.5 Å². The molecule has 0 spiro atoms. The van der Waals surface area contributed by atoms with Crippen molar-refractivity contribution in [1.29, 1.82) is 0 Å². The summed E-state index contributed by atoms with van der Waals surface area (Å²) in [6, 6.07) is 1.83. The fourth-order valence-corrected chi connectivity index (χ4v) is 1.99. The summed E-state index contributed by atoms with van der Waals surface area (Å²) in [5.41, 5.74) is 1.52. The Hall–Kier alpha value is -1.36. The molecule has 88 valence electrons. The van der Waals surface area contributed by atoms with Gasteiger partial charge in [-0.2, -0.15) is 5.10 Å². The molecule has 16 heavy (non-hydrogen) atoms. The van der Waals surface area contributed by atoms with Crippen LogP contribution < -0.4 is 0 Å². The molecule has 1 aromatic rings. The van der Waals surface area contributed by atoms with Gasteiger partial charge in [0, 0.05) is 20.1 Å². The maximum absolute atomic E-state index is 12.1. The van der Waals surface area contributed by atoms with Crippen molar-refractivity contribution in [1.82, 2.24) is 14.7 Å². The van der Waals surface area contributed by atoms with Gasteiger partial charge in [-0.25, -0.2) is 0 Å². The number of carbonyl (C=O) groups excluding carboxylic acids is 1. The van der Waals surface area contributed by atoms with Crippen molar-refractivity contribution >= 4 is 5.91 Å². The minimum absolute atomic E-state index is 0.0359. The number of carbonyl (C=O) groups is 1. The lowest BCUT2D eigenvalue weighted by Gasteiger charge is -2.14. The van der Waals surface area contributed by atoms with Crippen molar-refractivity contribution in [2.45, 2.75) is 25.9 Å². The minimum atomic E-state index is -0.372. The molecule has 0 aliphatic carbocycles. The third-order valence-corrected chi connectivity index (χ3v) is 2.96. The topological polar surface area (TPSA) is 58.4 Å². The Kier molecular flexibility index (Phi) is 2.96. The van der Waals surface area contributed by atoms with Gasteiger partial charge in [0.1, 0.15) is 5.69 Å². The zero-order valence-electron chi connectivity index (χ0n) is 9.68. The quantitative estimate of drug-likeness (QED) is 0.778. The first-order valence-corrected chi connectivity index (χ1v) is 5.62. The highest BCUT2D eigenvalue weighted by molar-refractivity contribution is 5.92. The van der Waals surface area contributed by atoms with Crippen LogP contribution in [0.2, 0.25) is 0 Å². The van der Waals surface area contributed by atoms with Crippen LogP contribution in [0.3, 0.4) is 0 Å². The summed E-state index contributed by atoms with van der Waals surface area (Å²) in [5, 5.41) is 13.6. The Morgan fingerprint density at radius 2 is 2.44 bits per heavy atom. The molecule has 1 aliphatic heterocycles. The molecule has 1 saturated heterocycles. The third-order valence-electron chi connectivity index (χ3n) is 2.96. The van der Waals surface area contributed by atoms with Gasteiger partial charge in [0.2, 0.25) is 0 Å². The van der Waals surface area contributed by atoms with E-state index in [1.165, 1.54) is 0 Å². The van der Waals surface area contributed by atoms with Crippen molar-refractivity contribution < 1.29 is 9.90 Å². The first-order chi connectivity index (χ1) is 7.61. The van der Waals surface area contributed by atoms with Crippen LogP contribution in [-0.2, 0) is 13.5 Å². The molecule has 1 amide bonds. The fraction of sp³-hybridized carbons (Fsp3) is 0.636. The van der Waals surface area contributed by atoms with E-state index in [2.05, 4.69) is 5.10 Å². The molecule has 0 radical (unpaired) electrons. The lowest BCUT2D eigenvalue weighted by atomic mass is 10.3. The lowest BCUT2D eigenvalue weighted by Crippen LogP contribution is -2.31.